The van der Waals surface area contributed by atoms with Crippen LogP contribution in [0.1, 0.15) is 193 Å². The minimum Gasteiger partial charge on any atom is -0.491 e. The van der Waals surface area contributed by atoms with Crippen LogP contribution < -0.4 is 9.47 Å². The van der Waals surface area contributed by atoms with E-state index in [1.165, 1.54) is 77.0 Å². The maximum absolute atomic E-state index is 13.4. The van der Waals surface area contributed by atoms with Crippen LogP contribution in [0.2, 0.25) is 0 Å². The lowest BCUT2D eigenvalue weighted by molar-refractivity contribution is -0.151. The fourth-order valence-electron chi connectivity index (χ4n) is 17.4. The normalized spacial score (nSPS) is 42.8. The van der Waals surface area contributed by atoms with Crippen molar-refractivity contribution in [1.82, 2.24) is 20.0 Å². The summed E-state index contributed by atoms with van der Waals surface area (Å²) < 4.78 is 12.3. The van der Waals surface area contributed by atoms with Crippen LogP contribution >= 0.6 is 15.9 Å². The van der Waals surface area contributed by atoms with Crippen molar-refractivity contribution in [2.45, 2.75) is 211 Å². The van der Waals surface area contributed by atoms with E-state index < -0.39 is 11.2 Å². The van der Waals surface area contributed by atoms with Crippen LogP contribution in [-0.2, 0) is 16.1 Å². The minimum absolute atomic E-state index is 0. The smallest absolute Gasteiger partial charge is 0.157 e. The molecule has 0 amide bonds. The molecule has 0 aromatic carbocycles. The largest absolute Gasteiger partial charge is 0.491 e. The highest BCUT2D eigenvalue weighted by molar-refractivity contribution is 9.09. The quantitative estimate of drug-likeness (QED) is 0.211. The van der Waals surface area contributed by atoms with Gasteiger partial charge in [0.1, 0.15) is 5.78 Å². The summed E-state index contributed by atoms with van der Waals surface area (Å²) in [5.41, 5.74) is 0.261. The Bertz CT molecular complexity index is 1950. The Labute approximate surface area is 421 Å². The zero-order valence-corrected chi connectivity index (χ0v) is 43.0. The number of rotatable bonds is 9. The summed E-state index contributed by atoms with van der Waals surface area (Å²) in [6.07, 6.45) is 27.9. The third-order valence-corrected chi connectivity index (χ3v) is 21.4. The number of aromatic nitrogens is 4. The molecular weight excluding hydrogens is 917 g/mol. The number of carbonyl (C=O) groups excluding carboxylic acids is 2. The van der Waals surface area contributed by atoms with Crippen LogP contribution in [0.5, 0.6) is 11.5 Å². The molecule has 10 nitrogen and oxygen atoms in total. The molecule has 0 aliphatic heterocycles. The fourth-order valence-corrected chi connectivity index (χ4v) is 17.8. The monoisotopic (exact) mass is 1010 g/mol. The van der Waals surface area contributed by atoms with Gasteiger partial charge in [-0.3, -0.25) is 19.4 Å². The molecule has 11 heteroatoms. The first-order valence-electron chi connectivity index (χ1n) is 26.1. The molecule has 2 aromatic heterocycles. The molecule has 8 aliphatic carbocycles. The van der Waals surface area contributed by atoms with Gasteiger partial charge in [0.05, 0.1) is 61.1 Å². The number of carbonyl (C=O) groups is 2. The number of H-pyrrole nitrogens is 1. The van der Waals surface area contributed by atoms with E-state index in [0.29, 0.717) is 65.2 Å². The van der Waals surface area contributed by atoms with E-state index in [9.17, 15) is 19.8 Å². The SMILES string of the molecule is C.C.C.CCOc1cn[nH]c1.CCOc1cnn(CC(=O)[C@H]2CC[C@H]3[C@@H]4CC[C@H]5C[C@](C)(O)CC[C@]5(C)[C@H]4CC[C@]23C)c1.C[C@@]1(O)CC[C@@]2(C)[C@@H](CC[C@@H]3[C@@H]2CC[C@]2(C)[C@@H](C(=O)CBr)CC[C@@H]32)C1. The molecule has 8 fully saturated rings. The number of Topliss-reactive ketones (excluding diaryl/α,β-unsaturated/α-hetero) is 2. The summed E-state index contributed by atoms with van der Waals surface area (Å²) in [6.45, 7) is 19.6. The highest BCUT2D eigenvalue weighted by Gasteiger charge is 2.63. The Balaban J connectivity index is 0.000000214. The molecule has 68 heavy (non-hydrogen) atoms. The molecule has 0 radical (unpaired) electrons. The van der Waals surface area contributed by atoms with Gasteiger partial charge in [0.15, 0.2) is 17.3 Å². The number of aliphatic hydroxyl groups is 2. The van der Waals surface area contributed by atoms with Crippen molar-refractivity contribution >= 4 is 27.5 Å². The standard InChI is InChI=1S/C27H42N2O3.C22H35BrO2.C5H8N2O.3CH4/c1-5-32-19-15-28-29(16-19)17-24(30)23-9-8-21-20-7-6-18-14-25(2,31)12-13-26(18,3)22(20)10-11-27(21,23)4;1-20(25)10-11-21(2)14(12-20)4-5-15-16-6-7-18(19(24)13-23)22(16,3)9-8-17(15)21;1-2-8-5-3-6-7-4-5;;;/h15-16,18,20-23,31H,5-14,17H2,1-4H3;14-18,25H,4-13H2,1-3H3;3-4H,2H2,1H3,(H,6,7);3*1H4/t18-,20-,21-,22-,23+,25+,26-,27-;14-,15-,16-,17-,18+,20+,21-,22-;;;;/m00..../s1. The number of fused-ring (bicyclic) bond motifs is 10. The number of ether oxygens (including phenoxy) is 2. The molecule has 0 bridgehead atoms. The Hall–Kier alpha value is -2.24. The van der Waals surface area contributed by atoms with Crippen LogP contribution in [0.15, 0.2) is 24.8 Å². The summed E-state index contributed by atoms with van der Waals surface area (Å²) >= 11 is 3.43. The average molecular weight is 1010 g/mol. The van der Waals surface area contributed by atoms with Crippen LogP contribution in [0, 0.1) is 80.8 Å². The van der Waals surface area contributed by atoms with Crippen molar-refractivity contribution in [3.63, 3.8) is 0 Å². The van der Waals surface area contributed by atoms with Gasteiger partial charge in [-0.2, -0.15) is 10.2 Å². The van der Waals surface area contributed by atoms with Gasteiger partial charge in [-0.1, -0.05) is 65.9 Å². The summed E-state index contributed by atoms with van der Waals surface area (Å²) in [5.74, 6) is 8.72. The summed E-state index contributed by atoms with van der Waals surface area (Å²) in [7, 11) is 0. The van der Waals surface area contributed by atoms with Crippen LogP contribution in [0.3, 0.4) is 0 Å². The number of hydrogen-bond donors (Lipinski definition) is 3. The second-order valence-electron chi connectivity index (χ2n) is 24.3. The van der Waals surface area contributed by atoms with Crippen LogP contribution in [0.25, 0.3) is 0 Å². The van der Waals surface area contributed by atoms with Crippen molar-refractivity contribution < 1.29 is 29.3 Å². The molecule has 388 valence electrons. The molecule has 0 saturated heterocycles. The van der Waals surface area contributed by atoms with Gasteiger partial charge >= 0.3 is 0 Å². The Kier molecular flexibility index (Phi) is 18.2. The summed E-state index contributed by atoms with van der Waals surface area (Å²) in [5, 5.41) is 32.5. The van der Waals surface area contributed by atoms with Gasteiger partial charge in [-0.15, -0.1) is 0 Å². The Morgan fingerprint density at radius 2 is 1.10 bits per heavy atom. The molecule has 8 saturated carbocycles. The van der Waals surface area contributed by atoms with Gasteiger partial charge in [-0.05, 0) is 212 Å². The first kappa shape index (κ1) is 56.7. The van der Waals surface area contributed by atoms with Crippen molar-refractivity contribution in [1.29, 1.82) is 0 Å². The van der Waals surface area contributed by atoms with E-state index in [1.807, 2.05) is 33.9 Å². The molecule has 16 atom stereocenters. The highest BCUT2D eigenvalue weighted by Crippen LogP contribution is 2.70. The number of hydrogen-bond acceptors (Lipinski definition) is 8. The van der Waals surface area contributed by atoms with Crippen LogP contribution in [-0.4, -0.2) is 71.5 Å². The summed E-state index contributed by atoms with van der Waals surface area (Å²) in [4.78, 5) is 26.0. The highest BCUT2D eigenvalue weighted by atomic mass is 79.9. The lowest BCUT2D eigenvalue weighted by Gasteiger charge is -2.61. The van der Waals surface area contributed by atoms with Gasteiger partial charge in [0.2, 0.25) is 0 Å². The maximum atomic E-state index is 13.4. The Morgan fingerprint density at radius 1 is 0.632 bits per heavy atom. The van der Waals surface area contributed by atoms with E-state index in [2.05, 4.69) is 58.9 Å². The second kappa shape index (κ2) is 21.9. The van der Waals surface area contributed by atoms with E-state index >= 15 is 0 Å². The molecule has 3 N–H and O–H groups in total. The third-order valence-electron chi connectivity index (χ3n) is 20.8. The van der Waals surface area contributed by atoms with E-state index in [0.717, 1.165) is 79.6 Å². The molecule has 2 heterocycles. The lowest BCUT2D eigenvalue weighted by atomic mass is 9.44. The minimum atomic E-state index is -0.473. The third kappa shape index (κ3) is 10.6. The number of ketones is 2. The molecule has 0 spiro atoms. The zero-order chi connectivity index (χ0) is 46.6. The Morgan fingerprint density at radius 3 is 1.56 bits per heavy atom. The van der Waals surface area contributed by atoms with Gasteiger partial charge in [0.25, 0.3) is 0 Å². The molecule has 8 aliphatic rings. The average Bonchev–Trinajstić information content (AvgIpc) is 4.08. The molecule has 10 rings (SSSR count). The van der Waals surface area contributed by atoms with Crippen molar-refractivity contribution in [3.8, 4) is 11.5 Å². The molecular formula is C57H97BrN4O6. The van der Waals surface area contributed by atoms with E-state index in [4.69, 9.17) is 9.47 Å². The molecule has 0 unspecified atom stereocenters. The first-order chi connectivity index (χ1) is 30.8. The molecule has 2 aromatic rings. The number of halogens is 1. The van der Waals surface area contributed by atoms with Crippen molar-refractivity contribution in [2.24, 2.45) is 80.8 Å². The van der Waals surface area contributed by atoms with E-state index in [-0.39, 0.29) is 44.9 Å². The number of aromatic amines is 1. The zero-order valence-electron chi connectivity index (χ0n) is 41.4. The maximum Gasteiger partial charge on any atom is 0.157 e. The first-order valence-corrected chi connectivity index (χ1v) is 27.3. The number of nitrogens with one attached hydrogen (secondary N) is 1. The second-order valence-corrected chi connectivity index (χ2v) is 24.9. The lowest BCUT2D eigenvalue weighted by Crippen LogP contribution is -2.55. The predicted molar refractivity (Wildman–Crippen MR) is 279 cm³/mol. The van der Waals surface area contributed by atoms with E-state index in [1.54, 1.807) is 23.3 Å². The number of alkyl halides is 1. The number of nitrogens with zero attached hydrogens (tertiary/aromatic N) is 3. The van der Waals surface area contributed by atoms with Crippen LogP contribution in [0.4, 0.5) is 0 Å². The fraction of sp³-hybridized carbons (Fsp3) is 0.860. The van der Waals surface area contributed by atoms with Gasteiger partial charge in [-0.25, -0.2) is 0 Å². The van der Waals surface area contributed by atoms with Gasteiger partial charge in [0, 0.05) is 11.8 Å². The van der Waals surface area contributed by atoms with Crippen molar-refractivity contribution in [3.05, 3.63) is 24.8 Å². The predicted octanol–water partition coefficient (Wildman–Crippen LogP) is 13.3. The van der Waals surface area contributed by atoms with Gasteiger partial charge < -0.3 is 19.7 Å². The van der Waals surface area contributed by atoms with Crippen molar-refractivity contribution in [2.75, 3.05) is 18.5 Å². The topological polar surface area (TPSA) is 140 Å². The summed E-state index contributed by atoms with van der Waals surface area (Å²) in [6, 6.07) is 0.